The number of carboxylic acids is 2. The molecule has 272 valence electrons. The first-order valence-electron chi connectivity index (χ1n) is 19.2. The predicted octanol–water partition coefficient (Wildman–Crippen LogP) is 7.86. The molecule has 1 aliphatic heterocycles. The van der Waals surface area contributed by atoms with Gasteiger partial charge in [-0.05, 0) is 139 Å². The van der Waals surface area contributed by atoms with E-state index in [2.05, 4.69) is 64.8 Å². The van der Waals surface area contributed by atoms with Gasteiger partial charge in [0.2, 0.25) is 0 Å². The molecule has 2 amide bonds. The molecule has 0 radical (unpaired) electrons. The number of carboxylic acid groups (broad SMARTS) is 2. The van der Waals surface area contributed by atoms with Gasteiger partial charge in [-0.15, -0.1) is 0 Å². The van der Waals surface area contributed by atoms with Gasteiger partial charge in [-0.1, -0.05) is 65.0 Å². The molecule has 1 aromatic carbocycles. The molecule has 50 heavy (non-hydrogen) atoms. The summed E-state index contributed by atoms with van der Waals surface area (Å²) >= 11 is 0. The number of allylic oxidation sites excluding steroid dienone is 3. The monoisotopic (exact) mass is 685 g/mol. The molecule has 4 saturated carbocycles. The second-order valence-electron chi connectivity index (χ2n) is 18.5. The Labute approximate surface area is 298 Å². The van der Waals surface area contributed by atoms with Gasteiger partial charge in [0.05, 0.1) is 5.56 Å². The van der Waals surface area contributed by atoms with Crippen LogP contribution >= 0.6 is 0 Å². The fourth-order valence-electron chi connectivity index (χ4n) is 13.6. The van der Waals surface area contributed by atoms with Crippen molar-refractivity contribution < 1.29 is 24.6 Å². The lowest BCUT2D eigenvalue weighted by Crippen LogP contribution is -2.69. The SMILES string of the molecule is C=C(C)[C@@H]1CC[C@]2(NC(=O)N3CCNC(C(=O)O)C3)CC[C@]3(C)[C@H](CC[C@@H]4[C@@]5(C)CC=C(c6ccc(C(=O)O)cc6)C(C)(C)[C@@H]5CC[C@]43C)[C@@H]12. The first-order chi connectivity index (χ1) is 23.5. The number of aliphatic carboxylic acids is 1. The molecule has 7 rings (SSSR count). The number of hydrogen-bond donors (Lipinski definition) is 4. The number of nitrogens with zero attached hydrogens (tertiary/aromatic N) is 1. The lowest BCUT2D eigenvalue weighted by molar-refractivity contribution is -0.218. The van der Waals surface area contributed by atoms with Crippen molar-refractivity contribution in [2.45, 2.75) is 111 Å². The lowest BCUT2D eigenvalue weighted by Gasteiger charge is -2.72. The second-order valence-corrected chi connectivity index (χ2v) is 18.5. The number of hydrogen-bond acceptors (Lipinski definition) is 4. The summed E-state index contributed by atoms with van der Waals surface area (Å²) < 4.78 is 0. The molecule has 10 atom stereocenters. The summed E-state index contributed by atoms with van der Waals surface area (Å²) in [6.07, 6.45) is 12.3. The minimum Gasteiger partial charge on any atom is -0.480 e. The van der Waals surface area contributed by atoms with Crippen LogP contribution in [0.25, 0.3) is 5.57 Å². The molecule has 0 aromatic heterocycles. The van der Waals surface area contributed by atoms with E-state index in [0.717, 1.165) is 44.1 Å². The fraction of sp³-hybridized carbons (Fsp3) is 0.690. The number of carbonyl (C=O) groups excluding carboxylic acids is 1. The maximum absolute atomic E-state index is 14.0. The average molecular weight is 686 g/mol. The number of carbonyl (C=O) groups is 3. The van der Waals surface area contributed by atoms with Crippen LogP contribution in [0.5, 0.6) is 0 Å². The Kier molecular flexibility index (Phi) is 8.44. The molecular weight excluding hydrogens is 626 g/mol. The Balaban J connectivity index is 1.18. The van der Waals surface area contributed by atoms with Crippen LogP contribution in [0.15, 0.2) is 42.5 Å². The predicted molar refractivity (Wildman–Crippen MR) is 196 cm³/mol. The van der Waals surface area contributed by atoms with E-state index in [4.69, 9.17) is 0 Å². The molecule has 8 heteroatoms. The number of benzene rings is 1. The molecule has 1 unspecified atom stereocenters. The number of rotatable bonds is 5. The van der Waals surface area contributed by atoms with Gasteiger partial charge < -0.3 is 25.7 Å². The quantitative estimate of drug-likeness (QED) is 0.235. The van der Waals surface area contributed by atoms with Crippen LogP contribution < -0.4 is 10.6 Å². The van der Waals surface area contributed by atoms with Crippen LogP contribution in [-0.4, -0.2) is 64.3 Å². The van der Waals surface area contributed by atoms with Gasteiger partial charge in [0.25, 0.3) is 0 Å². The zero-order valence-electron chi connectivity index (χ0n) is 31.1. The lowest BCUT2D eigenvalue weighted by atomic mass is 9.33. The van der Waals surface area contributed by atoms with Crippen molar-refractivity contribution in [1.29, 1.82) is 0 Å². The Hall–Kier alpha value is -3.13. The van der Waals surface area contributed by atoms with Crippen molar-refractivity contribution in [3.63, 3.8) is 0 Å². The Morgan fingerprint density at radius 2 is 1.62 bits per heavy atom. The van der Waals surface area contributed by atoms with Crippen molar-refractivity contribution in [3.05, 3.63) is 53.6 Å². The van der Waals surface area contributed by atoms with E-state index in [1.54, 1.807) is 17.0 Å². The minimum atomic E-state index is -0.911. The molecule has 1 saturated heterocycles. The van der Waals surface area contributed by atoms with Crippen LogP contribution in [0.1, 0.15) is 115 Å². The molecule has 1 heterocycles. The van der Waals surface area contributed by atoms with Crippen LogP contribution in [0.2, 0.25) is 0 Å². The maximum atomic E-state index is 14.0. The third-order valence-electron chi connectivity index (χ3n) is 16.2. The van der Waals surface area contributed by atoms with Gasteiger partial charge in [0, 0.05) is 25.2 Å². The number of fused-ring (bicyclic) bond motifs is 7. The van der Waals surface area contributed by atoms with Crippen LogP contribution in [-0.2, 0) is 4.79 Å². The Morgan fingerprint density at radius 3 is 2.28 bits per heavy atom. The summed E-state index contributed by atoms with van der Waals surface area (Å²) in [5, 5.41) is 25.8. The normalized spacial score (nSPS) is 41.8. The third kappa shape index (κ3) is 5.04. The smallest absolute Gasteiger partial charge is 0.335 e. The minimum absolute atomic E-state index is 0.0387. The Morgan fingerprint density at radius 1 is 0.900 bits per heavy atom. The summed E-state index contributed by atoms with van der Waals surface area (Å²) in [5.41, 5.74) is 4.18. The second kappa shape index (κ2) is 12.0. The first-order valence-corrected chi connectivity index (χ1v) is 19.2. The van der Waals surface area contributed by atoms with Gasteiger partial charge in [-0.2, -0.15) is 0 Å². The first kappa shape index (κ1) is 35.3. The molecule has 5 aliphatic carbocycles. The van der Waals surface area contributed by atoms with E-state index < -0.39 is 18.0 Å². The van der Waals surface area contributed by atoms with Gasteiger partial charge in [-0.3, -0.25) is 4.79 Å². The molecule has 4 N–H and O–H groups in total. The molecule has 1 aromatic rings. The van der Waals surface area contributed by atoms with E-state index in [0.29, 0.717) is 48.2 Å². The molecule has 0 bridgehead atoms. The molecule has 0 spiro atoms. The molecule has 8 nitrogen and oxygen atoms in total. The fourth-order valence-corrected chi connectivity index (χ4v) is 13.6. The van der Waals surface area contributed by atoms with Crippen molar-refractivity contribution in [1.82, 2.24) is 15.5 Å². The summed E-state index contributed by atoms with van der Waals surface area (Å²) in [6, 6.07) is 6.64. The highest BCUT2D eigenvalue weighted by Crippen LogP contribution is 2.76. The number of nitrogens with one attached hydrogen (secondary N) is 2. The highest BCUT2D eigenvalue weighted by Gasteiger charge is 2.70. The standard InChI is InChI=1S/C42H59N3O5/c1-25(2)28-14-19-42(44-37(50)45-23-22-43-31(24-45)36(48)49)21-20-40(6)30(34(28)42)12-13-33-39(5)17-15-29(26-8-10-27(11-9-26)35(46)47)38(3,4)32(39)16-18-41(33,40)7/h8-11,15,28,30-34,43H,1,12-14,16-24H2,2-7H3,(H,44,50)(H,46,47)(H,48,49)/t28-,30+,31?,32-,33+,34+,39-,40+,41+,42-/m0/s1. The molecule has 6 aliphatic rings. The van der Waals surface area contributed by atoms with Crippen LogP contribution in [0, 0.1) is 51.2 Å². The van der Waals surface area contributed by atoms with Crippen molar-refractivity contribution in [2.75, 3.05) is 19.6 Å². The molecular formula is C42H59N3O5. The van der Waals surface area contributed by atoms with E-state index in [1.165, 1.54) is 30.4 Å². The zero-order chi connectivity index (χ0) is 36.0. The zero-order valence-corrected chi connectivity index (χ0v) is 31.1. The third-order valence-corrected chi connectivity index (χ3v) is 16.2. The van der Waals surface area contributed by atoms with Crippen molar-refractivity contribution in [3.8, 4) is 0 Å². The Bertz CT molecular complexity index is 1620. The number of urea groups is 1. The van der Waals surface area contributed by atoms with E-state index in [-0.39, 0.29) is 39.8 Å². The summed E-state index contributed by atoms with van der Waals surface area (Å²) in [7, 11) is 0. The number of piperazine rings is 1. The van der Waals surface area contributed by atoms with Crippen molar-refractivity contribution >= 4 is 23.5 Å². The van der Waals surface area contributed by atoms with E-state index in [1.807, 2.05) is 12.1 Å². The highest BCUT2D eigenvalue weighted by molar-refractivity contribution is 5.88. The van der Waals surface area contributed by atoms with Gasteiger partial charge in [0.15, 0.2) is 0 Å². The van der Waals surface area contributed by atoms with E-state index in [9.17, 15) is 24.6 Å². The molecule has 5 fully saturated rings. The highest BCUT2D eigenvalue weighted by atomic mass is 16.4. The summed E-state index contributed by atoms with van der Waals surface area (Å²) in [6.45, 7) is 20.6. The summed E-state index contributed by atoms with van der Waals surface area (Å²) in [5.74, 6) is 0.485. The number of aromatic carboxylic acids is 1. The van der Waals surface area contributed by atoms with Crippen LogP contribution in [0.4, 0.5) is 4.79 Å². The van der Waals surface area contributed by atoms with Gasteiger partial charge in [0.1, 0.15) is 6.04 Å². The number of amides is 2. The van der Waals surface area contributed by atoms with Crippen molar-refractivity contribution in [2.24, 2.45) is 51.2 Å². The average Bonchev–Trinajstić information content (AvgIpc) is 3.44. The van der Waals surface area contributed by atoms with Gasteiger partial charge in [-0.25, -0.2) is 9.59 Å². The topological polar surface area (TPSA) is 119 Å². The maximum Gasteiger partial charge on any atom is 0.335 e. The van der Waals surface area contributed by atoms with Crippen LogP contribution in [0.3, 0.4) is 0 Å². The largest absolute Gasteiger partial charge is 0.480 e. The van der Waals surface area contributed by atoms with E-state index >= 15 is 0 Å². The summed E-state index contributed by atoms with van der Waals surface area (Å²) in [4.78, 5) is 39.0. The van der Waals surface area contributed by atoms with Gasteiger partial charge >= 0.3 is 18.0 Å².